The van der Waals surface area contributed by atoms with Gasteiger partial charge in [-0.2, -0.15) is 0 Å². The van der Waals surface area contributed by atoms with Crippen LogP contribution in [0.3, 0.4) is 0 Å². The van der Waals surface area contributed by atoms with E-state index in [1.54, 1.807) is 24.3 Å². The number of benzene rings is 2. The molecule has 182 valence electrons. The van der Waals surface area contributed by atoms with Crippen molar-refractivity contribution in [3.05, 3.63) is 41.7 Å². The van der Waals surface area contributed by atoms with Crippen molar-refractivity contribution in [1.82, 2.24) is 0 Å². The molecule has 0 heterocycles. The Kier molecular flexibility index (Phi) is 7.86. The van der Waals surface area contributed by atoms with Gasteiger partial charge in [-0.05, 0) is 72.8 Å². The van der Waals surface area contributed by atoms with Crippen LogP contribution in [0, 0.1) is 23.6 Å². The normalized spacial score (nSPS) is 25.7. The fourth-order valence-corrected chi connectivity index (χ4v) is 6.39. The number of halogens is 4. The second-order valence-corrected chi connectivity index (χ2v) is 10.3. The lowest BCUT2D eigenvalue weighted by atomic mass is 9.63. The highest BCUT2D eigenvalue weighted by molar-refractivity contribution is 5.89. The van der Waals surface area contributed by atoms with Crippen LogP contribution in [0.4, 0.5) is 17.6 Å². The third-order valence-corrected chi connectivity index (χ3v) is 8.06. The molecule has 0 aromatic heterocycles. The second kappa shape index (κ2) is 10.7. The summed E-state index contributed by atoms with van der Waals surface area (Å²) >= 11 is 0. The van der Waals surface area contributed by atoms with E-state index in [2.05, 4.69) is 11.7 Å². The van der Waals surface area contributed by atoms with Crippen LogP contribution in [0.2, 0.25) is 0 Å². The summed E-state index contributed by atoms with van der Waals surface area (Å²) in [4.78, 5) is 0. The number of fused-ring (bicyclic) bond motifs is 2. The Hall–Kier alpha value is -1.78. The maximum Gasteiger partial charge on any atom is 0.573 e. The molecule has 0 radical (unpaired) electrons. The lowest BCUT2D eigenvalue weighted by molar-refractivity contribution is -0.275. The zero-order chi connectivity index (χ0) is 23.4. The minimum Gasteiger partial charge on any atom is -0.402 e. The minimum atomic E-state index is -4.92. The Morgan fingerprint density at radius 3 is 2.42 bits per heavy atom. The summed E-state index contributed by atoms with van der Waals surface area (Å²) in [5, 5.41) is 0.770. The molecule has 33 heavy (non-hydrogen) atoms. The first-order valence-electron chi connectivity index (χ1n) is 12.8. The van der Waals surface area contributed by atoms with Crippen molar-refractivity contribution >= 4 is 10.8 Å². The van der Waals surface area contributed by atoms with Crippen molar-refractivity contribution in [2.45, 2.75) is 96.3 Å². The van der Waals surface area contributed by atoms with Gasteiger partial charge in [0.1, 0.15) is 0 Å². The highest BCUT2D eigenvalue weighted by Crippen LogP contribution is 2.50. The molecule has 2 aliphatic rings. The van der Waals surface area contributed by atoms with Crippen LogP contribution in [0.5, 0.6) is 5.75 Å². The summed E-state index contributed by atoms with van der Waals surface area (Å²) in [5.74, 6) is 0.494. The molecule has 0 spiro atoms. The number of rotatable bonds is 8. The van der Waals surface area contributed by atoms with Gasteiger partial charge in [-0.1, -0.05) is 76.1 Å². The van der Waals surface area contributed by atoms with Crippen molar-refractivity contribution in [1.29, 1.82) is 0 Å². The largest absolute Gasteiger partial charge is 0.573 e. The molecule has 5 heteroatoms. The zero-order valence-corrected chi connectivity index (χ0v) is 19.6. The molecule has 4 atom stereocenters. The standard InChI is InChI=1S/C28H36F4O/c1-2-3-4-5-6-9-19-12-13-21-17-23(15-14-20(21)16-19)25-18-22-10-7-8-11-24(22)27(26(25)29)33-28(30,31)32/h7-8,10-11,18-21,23H,2-6,9,12-17H2,1H3. The van der Waals surface area contributed by atoms with Crippen molar-refractivity contribution in [3.8, 4) is 5.75 Å². The molecule has 0 saturated heterocycles. The number of unbranched alkanes of at least 4 members (excludes halogenated alkanes) is 4. The first-order chi connectivity index (χ1) is 15.9. The van der Waals surface area contributed by atoms with E-state index >= 15 is 4.39 Å². The molecule has 2 aromatic carbocycles. The van der Waals surface area contributed by atoms with E-state index in [4.69, 9.17) is 0 Å². The maximum atomic E-state index is 15.4. The lowest BCUT2D eigenvalue weighted by Gasteiger charge is -2.42. The molecule has 0 bridgehead atoms. The average Bonchev–Trinajstić information content (AvgIpc) is 2.79. The van der Waals surface area contributed by atoms with Crippen LogP contribution in [0.1, 0.15) is 95.5 Å². The highest BCUT2D eigenvalue weighted by atomic mass is 19.4. The van der Waals surface area contributed by atoms with Crippen LogP contribution < -0.4 is 4.74 Å². The smallest absolute Gasteiger partial charge is 0.402 e. The van der Waals surface area contributed by atoms with E-state index in [0.29, 0.717) is 22.8 Å². The monoisotopic (exact) mass is 464 g/mol. The first kappa shape index (κ1) is 24.3. The Morgan fingerprint density at radius 1 is 0.909 bits per heavy atom. The molecule has 4 unspecified atom stereocenters. The van der Waals surface area contributed by atoms with Crippen LogP contribution in [0.15, 0.2) is 30.3 Å². The molecule has 0 N–H and O–H groups in total. The Morgan fingerprint density at radius 2 is 1.64 bits per heavy atom. The summed E-state index contributed by atoms with van der Waals surface area (Å²) in [5.41, 5.74) is 0.393. The number of hydrogen-bond donors (Lipinski definition) is 0. The zero-order valence-electron chi connectivity index (χ0n) is 19.6. The fraction of sp³-hybridized carbons (Fsp3) is 0.643. The summed E-state index contributed by atoms with van der Waals surface area (Å²) in [6, 6.07) is 8.35. The Balaban J connectivity index is 1.44. The molecule has 2 saturated carbocycles. The van der Waals surface area contributed by atoms with E-state index in [9.17, 15) is 13.2 Å². The van der Waals surface area contributed by atoms with Gasteiger partial charge < -0.3 is 4.74 Å². The fourth-order valence-electron chi connectivity index (χ4n) is 6.39. The highest BCUT2D eigenvalue weighted by Gasteiger charge is 2.38. The molecule has 1 nitrogen and oxygen atoms in total. The minimum absolute atomic E-state index is 0.0444. The third-order valence-electron chi connectivity index (χ3n) is 8.06. The van der Waals surface area contributed by atoms with Crippen LogP contribution in [0.25, 0.3) is 10.8 Å². The third kappa shape index (κ3) is 6.02. The Labute approximate surface area is 194 Å². The molecule has 0 amide bonds. The van der Waals surface area contributed by atoms with Gasteiger partial charge in [0.05, 0.1) is 0 Å². The summed E-state index contributed by atoms with van der Waals surface area (Å²) in [6.07, 6.45) is 9.45. The van der Waals surface area contributed by atoms with E-state index in [-0.39, 0.29) is 11.3 Å². The van der Waals surface area contributed by atoms with E-state index in [1.165, 1.54) is 63.9 Å². The van der Waals surface area contributed by atoms with E-state index < -0.39 is 17.9 Å². The number of alkyl halides is 3. The molecular formula is C28H36F4O. The lowest BCUT2D eigenvalue weighted by Crippen LogP contribution is -2.30. The van der Waals surface area contributed by atoms with Crippen molar-refractivity contribution in [2.24, 2.45) is 17.8 Å². The van der Waals surface area contributed by atoms with Crippen molar-refractivity contribution in [3.63, 3.8) is 0 Å². The summed E-state index contributed by atoms with van der Waals surface area (Å²) in [7, 11) is 0. The van der Waals surface area contributed by atoms with Gasteiger partial charge in [0.15, 0.2) is 11.6 Å². The van der Waals surface area contributed by atoms with Gasteiger partial charge in [0, 0.05) is 5.39 Å². The molecule has 2 aliphatic carbocycles. The van der Waals surface area contributed by atoms with Crippen LogP contribution in [-0.2, 0) is 0 Å². The van der Waals surface area contributed by atoms with Gasteiger partial charge in [-0.3, -0.25) is 0 Å². The van der Waals surface area contributed by atoms with Gasteiger partial charge in [-0.25, -0.2) is 4.39 Å². The van der Waals surface area contributed by atoms with E-state index in [0.717, 1.165) is 25.2 Å². The molecule has 2 fully saturated rings. The maximum absolute atomic E-state index is 15.4. The first-order valence-corrected chi connectivity index (χ1v) is 12.8. The molecule has 2 aromatic rings. The predicted octanol–water partition coefficient (Wildman–Crippen LogP) is 9.54. The van der Waals surface area contributed by atoms with Gasteiger partial charge in [0.25, 0.3) is 0 Å². The SMILES string of the molecule is CCCCCCCC1CCC2CC(c3cc4ccccc4c(OC(F)(F)F)c3F)CCC2C1. The van der Waals surface area contributed by atoms with Crippen molar-refractivity contribution in [2.75, 3.05) is 0 Å². The predicted molar refractivity (Wildman–Crippen MR) is 125 cm³/mol. The molecule has 0 aliphatic heterocycles. The topological polar surface area (TPSA) is 9.23 Å². The van der Waals surface area contributed by atoms with Crippen LogP contribution in [-0.4, -0.2) is 6.36 Å². The van der Waals surface area contributed by atoms with Gasteiger partial charge in [0.2, 0.25) is 0 Å². The number of hydrogen-bond acceptors (Lipinski definition) is 1. The Bertz CT molecular complexity index is 922. The van der Waals surface area contributed by atoms with Crippen LogP contribution >= 0.6 is 0 Å². The average molecular weight is 465 g/mol. The van der Waals surface area contributed by atoms with E-state index in [1.807, 2.05) is 0 Å². The quantitative estimate of drug-likeness (QED) is 0.279. The second-order valence-electron chi connectivity index (χ2n) is 10.3. The molecular weight excluding hydrogens is 428 g/mol. The van der Waals surface area contributed by atoms with Crippen molar-refractivity contribution < 1.29 is 22.3 Å². The van der Waals surface area contributed by atoms with Gasteiger partial charge in [-0.15, -0.1) is 13.2 Å². The number of ether oxygens (including phenoxy) is 1. The summed E-state index contributed by atoms with van der Waals surface area (Å²) in [6.45, 7) is 2.24. The summed E-state index contributed by atoms with van der Waals surface area (Å²) < 4.78 is 58.7. The molecule has 4 rings (SSSR count). The van der Waals surface area contributed by atoms with Gasteiger partial charge >= 0.3 is 6.36 Å².